The average Bonchev–Trinajstić information content (AvgIpc) is 2.55. The van der Waals surface area contributed by atoms with Crippen molar-refractivity contribution < 1.29 is 9.59 Å². The first-order chi connectivity index (χ1) is 8.50. The van der Waals surface area contributed by atoms with Crippen molar-refractivity contribution in [2.45, 2.75) is 52.0 Å². The second-order valence-electron chi connectivity index (χ2n) is 5.44. The lowest BCUT2D eigenvalue weighted by atomic mass is 10.0. The minimum absolute atomic E-state index is 0.152. The monoisotopic (exact) mass is 255 g/mol. The van der Waals surface area contributed by atoms with Crippen molar-refractivity contribution in [3.05, 3.63) is 0 Å². The first kappa shape index (κ1) is 14.8. The predicted octanol–water partition coefficient (Wildman–Crippen LogP) is 1.47. The third kappa shape index (κ3) is 4.94. The summed E-state index contributed by atoms with van der Waals surface area (Å²) in [4.78, 5) is 25.2. The van der Waals surface area contributed by atoms with Crippen molar-refractivity contribution in [3.63, 3.8) is 0 Å². The Kier molecular flexibility index (Phi) is 5.95. The number of carbonyl (C=O) groups excluding carboxylic acids is 2. The molecule has 1 heterocycles. The summed E-state index contributed by atoms with van der Waals surface area (Å²) >= 11 is 0. The summed E-state index contributed by atoms with van der Waals surface area (Å²) in [6.45, 7) is 5.57. The molecular formula is C13H25N3O2. The second-order valence-corrected chi connectivity index (χ2v) is 5.44. The number of hydrogen-bond donors (Lipinski definition) is 2. The fourth-order valence-electron chi connectivity index (χ4n) is 2.23. The molecular weight excluding hydrogens is 230 g/mol. The molecule has 0 radical (unpaired) electrons. The fraction of sp³-hybridized carbons (Fsp3) is 0.846. The van der Waals surface area contributed by atoms with Crippen LogP contribution in [0.25, 0.3) is 0 Å². The maximum absolute atomic E-state index is 12.1. The lowest BCUT2D eigenvalue weighted by Gasteiger charge is -2.24. The van der Waals surface area contributed by atoms with E-state index in [0.29, 0.717) is 12.3 Å². The molecule has 1 saturated heterocycles. The van der Waals surface area contributed by atoms with E-state index in [9.17, 15) is 9.59 Å². The zero-order valence-electron chi connectivity index (χ0n) is 11.4. The summed E-state index contributed by atoms with van der Waals surface area (Å²) in [7, 11) is 0. The van der Waals surface area contributed by atoms with Gasteiger partial charge in [-0.1, -0.05) is 26.7 Å². The Morgan fingerprint density at radius 1 is 1.17 bits per heavy atom. The molecule has 0 aromatic heterocycles. The Balaban J connectivity index is 2.51. The van der Waals surface area contributed by atoms with Gasteiger partial charge in [0.2, 0.25) is 5.91 Å². The van der Waals surface area contributed by atoms with Gasteiger partial charge in [0.05, 0.1) is 0 Å². The van der Waals surface area contributed by atoms with E-state index >= 15 is 0 Å². The van der Waals surface area contributed by atoms with E-state index in [0.717, 1.165) is 25.9 Å². The topological polar surface area (TPSA) is 75.4 Å². The summed E-state index contributed by atoms with van der Waals surface area (Å²) in [5.41, 5.74) is 5.32. The molecule has 0 aromatic rings. The maximum Gasteiger partial charge on any atom is 0.318 e. The van der Waals surface area contributed by atoms with E-state index < -0.39 is 11.9 Å². The van der Waals surface area contributed by atoms with Crippen LogP contribution < -0.4 is 11.1 Å². The first-order valence-electron chi connectivity index (χ1n) is 6.85. The number of rotatable bonds is 4. The lowest BCUT2D eigenvalue weighted by Crippen LogP contribution is -2.50. The third-order valence-electron chi connectivity index (χ3n) is 3.24. The fourth-order valence-corrected chi connectivity index (χ4v) is 2.23. The van der Waals surface area contributed by atoms with E-state index in [-0.39, 0.29) is 6.03 Å². The molecule has 1 aliphatic heterocycles. The number of primary amides is 1. The van der Waals surface area contributed by atoms with Gasteiger partial charge in [0, 0.05) is 13.1 Å². The number of nitrogens with one attached hydrogen (secondary N) is 1. The molecule has 3 N–H and O–H groups in total. The predicted molar refractivity (Wildman–Crippen MR) is 71.0 cm³/mol. The van der Waals surface area contributed by atoms with Crippen LogP contribution in [0.15, 0.2) is 0 Å². The van der Waals surface area contributed by atoms with Crippen LogP contribution in [0.4, 0.5) is 4.79 Å². The van der Waals surface area contributed by atoms with Gasteiger partial charge in [0.1, 0.15) is 6.04 Å². The number of urea groups is 1. The standard InChI is InChI=1S/C13H25N3O2/c1-10(2)9-11(12(14)17)15-13(18)16-7-5-3-4-6-8-16/h10-11H,3-9H2,1-2H3,(H2,14,17)(H,15,18). The molecule has 1 rings (SSSR count). The van der Waals surface area contributed by atoms with Gasteiger partial charge >= 0.3 is 6.03 Å². The van der Waals surface area contributed by atoms with E-state index in [1.807, 2.05) is 13.8 Å². The van der Waals surface area contributed by atoms with Crippen molar-refractivity contribution in [1.82, 2.24) is 10.2 Å². The van der Waals surface area contributed by atoms with Crippen LogP contribution in [-0.2, 0) is 4.79 Å². The van der Waals surface area contributed by atoms with Gasteiger partial charge in [-0.15, -0.1) is 0 Å². The van der Waals surface area contributed by atoms with Gasteiger partial charge in [0.15, 0.2) is 0 Å². The number of carbonyl (C=O) groups is 2. The van der Waals surface area contributed by atoms with Crippen LogP contribution in [0, 0.1) is 5.92 Å². The summed E-state index contributed by atoms with van der Waals surface area (Å²) < 4.78 is 0. The maximum atomic E-state index is 12.1. The Labute approximate surface area is 109 Å². The minimum atomic E-state index is -0.555. The Morgan fingerprint density at radius 3 is 2.17 bits per heavy atom. The van der Waals surface area contributed by atoms with Crippen LogP contribution in [0.1, 0.15) is 46.0 Å². The number of nitrogens with two attached hydrogens (primary N) is 1. The number of amides is 3. The molecule has 1 atom stereocenters. The lowest BCUT2D eigenvalue weighted by molar-refractivity contribution is -0.120. The summed E-state index contributed by atoms with van der Waals surface area (Å²) in [5, 5.41) is 2.76. The summed E-state index contributed by atoms with van der Waals surface area (Å²) in [5.74, 6) is -0.126. The third-order valence-corrected chi connectivity index (χ3v) is 3.24. The smallest absolute Gasteiger partial charge is 0.318 e. The molecule has 18 heavy (non-hydrogen) atoms. The highest BCUT2D eigenvalue weighted by atomic mass is 16.2. The Bertz CT molecular complexity index is 284. The molecule has 3 amide bonds. The van der Waals surface area contributed by atoms with Crippen molar-refractivity contribution in [2.24, 2.45) is 11.7 Å². The zero-order valence-corrected chi connectivity index (χ0v) is 11.4. The summed E-state index contributed by atoms with van der Waals surface area (Å²) in [6, 6.07) is -0.706. The highest BCUT2D eigenvalue weighted by Gasteiger charge is 2.22. The van der Waals surface area contributed by atoms with Gasteiger partial charge in [-0.05, 0) is 25.2 Å². The van der Waals surface area contributed by atoms with Crippen LogP contribution in [-0.4, -0.2) is 36.0 Å². The van der Waals surface area contributed by atoms with Gasteiger partial charge in [0.25, 0.3) is 0 Å². The van der Waals surface area contributed by atoms with Gasteiger partial charge in [-0.3, -0.25) is 4.79 Å². The number of hydrogen-bond acceptors (Lipinski definition) is 2. The molecule has 104 valence electrons. The van der Waals surface area contributed by atoms with E-state index in [2.05, 4.69) is 5.32 Å². The van der Waals surface area contributed by atoms with Crippen molar-refractivity contribution >= 4 is 11.9 Å². The number of nitrogens with zero attached hydrogens (tertiary/aromatic N) is 1. The average molecular weight is 255 g/mol. The normalized spacial score (nSPS) is 18.3. The van der Waals surface area contributed by atoms with Crippen molar-refractivity contribution in [1.29, 1.82) is 0 Å². The molecule has 0 aromatic carbocycles. The molecule has 1 fully saturated rings. The van der Waals surface area contributed by atoms with E-state index in [1.165, 1.54) is 12.8 Å². The minimum Gasteiger partial charge on any atom is -0.368 e. The van der Waals surface area contributed by atoms with Gasteiger partial charge in [-0.25, -0.2) is 4.79 Å². The summed E-state index contributed by atoms with van der Waals surface area (Å²) in [6.07, 6.45) is 5.02. The van der Waals surface area contributed by atoms with Crippen molar-refractivity contribution in [3.8, 4) is 0 Å². The van der Waals surface area contributed by atoms with Gasteiger partial charge in [-0.2, -0.15) is 0 Å². The van der Waals surface area contributed by atoms with Crippen molar-refractivity contribution in [2.75, 3.05) is 13.1 Å². The van der Waals surface area contributed by atoms with Crippen LogP contribution >= 0.6 is 0 Å². The SMILES string of the molecule is CC(C)CC(NC(=O)N1CCCCCC1)C(N)=O. The van der Waals surface area contributed by atoms with Crippen LogP contribution in [0.5, 0.6) is 0 Å². The Hall–Kier alpha value is -1.26. The van der Waals surface area contributed by atoms with Crippen LogP contribution in [0.2, 0.25) is 0 Å². The molecule has 1 aliphatic rings. The van der Waals surface area contributed by atoms with Gasteiger partial charge < -0.3 is 16.0 Å². The molecule has 0 saturated carbocycles. The molecule has 1 unspecified atom stereocenters. The van der Waals surface area contributed by atoms with Crippen LogP contribution in [0.3, 0.4) is 0 Å². The highest BCUT2D eigenvalue weighted by Crippen LogP contribution is 2.10. The molecule has 5 nitrogen and oxygen atoms in total. The van der Waals surface area contributed by atoms with E-state index in [1.54, 1.807) is 4.90 Å². The van der Waals surface area contributed by atoms with E-state index in [4.69, 9.17) is 5.73 Å². The molecule has 0 aliphatic carbocycles. The molecule has 0 spiro atoms. The second kappa shape index (κ2) is 7.24. The quantitative estimate of drug-likeness (QED) is 0.798. The first-order valence-corrected chi connectivity index (χ1v) is 6.85. The zero-order chi connectivity index (χ0) is 13.5. The molecule has 0 bridgehead atoms. The number of likely N-dealkylation sites (tertiary alicyclic amines) is 1. The Morgan fingerprint density at radius 2 is 1.72 bits per heavy atom. The molecule has 5 heteroatoms. The highest BCUT2D eigenvalue weighted by molar-refractivity contribution is 5.85. The largest absolute Gasteiger partial charge is 0.368 e.